The van der Waals surface area contributed by atoms with Crippen molar-refractivity contribution < 1.29 is 4.79 Å². The molecule has 0 unspecified atom stereocenters. The van der Waals surface area contributed by atoms with Crippen LogP contribution in [0.5, 0.6) is 0 Å². The summed E-state index contributed by atoms with van der Waals surface area (Å²) in [7, 11) is 0. The van der Waals surface area contributed by atoms with Crippen molar-refractivity contribution in [3.8, 4) is 16.8 Å². The van der Waals surface area contributed by atoms with Gasteiger partial charge < -0.3 is 4.90 Å². The molecule has 32 heavy (non-hydrogen) atoms. The van der Waals surface area contributed by atoms with Gasteiger partial charge in [-0.15, -0.1) is 5.10 Å². The molecule has 0 bridgehead atoms. The Morgan fingerprint density at radius 2 is 1.78 bits per heavy atom. The lowest BCUT2D eigenvalue weighted by Gasteiger charge is -2.32. The van der Waals surface area contributed by atoms with Crippen LogP contribution in [0.15, 0.2) is 61.3 Å². The van der Waals surface area contributed by atoms with Gasteiger partial charge in [-0.25, -0.2) is 14.6 Å². The van der Waals surface area contributed by atoms with E-state index in [1.54, 1.807) is 17.1 Å². The van der Waals surface area contributed by atoms with Crippen LogP contribution in [0.2, 0.25) is 0 Å². The van der Waals surface area contributed by atoms with Gasteiger partial charge in [0.15, 0.2) is 0 Å². The third kappa shape index (κ3) is 3.96. The molecule has 4 aromatic rings. The van der Waals surface area contributed by atoms with Crippen LogP contribution in [-0.2, 0) is 0 Å². The maximum absolute atomic E-state index is 13.0. The van der Waals surface area contributed by atoms with E-state index in [2.05, 4.69) is 25.5 Å². The highest BCUT2D eigenvalue weighted by Gasteiger charge is 2.27. The number of hydrogen-bond donors (Lipinski definition) is 0. The Labute approximate surface area is 185 Å². The van der Waals surface area contributed by atoms with Gasteiger partial charge in [-0.2, -0.15) is 0 Å². The number of nitrogens with zero attached hydrogens (tertiary/aromatic N) is 8. The van der Waals surface area contributed by atoms with E-state index in [1.165, 1.54) is 6.33 Å². The zero-order valence-corrected chi connectivity index (χ0v) is 17.7. The van der Waals surface area contributed by atoms with Crippen molar-refractivity contribution in [2.24, 2.45) is 0 Å². The number of carbonyl (C=O) groups excluding carboxylic acids is 1. The fourth-order valence-corrected chi connectivity index (χ4v) is 4.13. The molecular weight excluding hydrogens is 404 g/mol. The Kier molecular flexibility index (Phi) is 5.37. The highest BCUT2D eigenvalue weighted by Crippen LogP contribution is 2.34. The maximum Gasteiger partial charge on any atom is 0.253 e. The minimum Gasteiger partial charge on any atom is -0.339 e. The number of benzene rings is 1. The molecule has 1 aliphatic heterocycles. The Morgan fingerprint density at radius 1 is 1.03 bits per heavy atom. The third-order valence-corrected chi connectivity index (χ3v) is 5.83. The van der Waals surface area contributed by atoms with Crippen LogP contribution in [0.3, 0.4) is 0 Å². The molecule has 1 amide bonds. The summed E-state index contributed by atoms with van der Waals surface area (Å²) in [4.78, 5) is 28.3. The number of carbonyl (C=O) groups is 1. The van der Waals surface area contributed by atoms with Crippen LogP contribution in [-0.4, -0.2) is 59.1 Å². The molecule has 1 aliphatic rings. The summed E-state index contributed by atoms with van der Waals surface area (Å²) >= 11 is 0. The summed E-state index contributed by atoms with van der Waals surface area (Å²) in [5.41, 5.74) is 4.64. The van der Waals surface area contributed by atoms with E-state index in [4.69, 9.17) is 4.98 Å². The van der Waals surface area contributed by atoms with Crippen LogP contribution in [0.1, 0.15) is 40.6 Å². The van der Waals surface area contributed by atoms with Crippen LogP contribution in [0.25, 0.3) is 16.8 Å². The summed E-state index contributed by atoms with van der Waals surface area (Å²) < 4.78 is 1.56. The van der Waals surface area contributed by atoms with Crippen LogP contribution in [0, 0.1) is 6.92 Å². The number of hydrogen-bond acceptors (Lipinski definition) is 7. The van der Waals surface area contributed by atoms with Crippen LogP contribution < -0.4 is 0 Å². The van der Waals surface area contributed by atoms with E-state index >= 15 is 0 Å². The standard InChI is InChI=1S/C23H22N8O/c1-16-25-14-21(17-6-10-24-11-7-17)22(27-16)18-8-12-30(13-9-18)23(32)19-2-4-20(5-3-19)31-15-26-28-29-31/h2-7,10-11,14-15,18H,8-9,12-13H2,1H3. The summed E-state index contributed by atoms with van der Waals surface area (Å²) in [5, 5.41) is 11.1. The smallest absolute Gasteiger partial charge is 0.253 e. The zero-order chi connectivity index (χ0) is 21.9. The van der Waals surface area contributed by atoms with Crippen molar-refractivity contribution in [2.45, 2.75) is 25.7 Å². The van der Waals surface area contributed by atoms with Gasteiger partial charge in [-0.1, -0.05) is 0 Å². The molecule has 5 rings (SSSR count). The summed E-state index contributed by atoms with van der Waals surface area (Å²) in [6.45, 7) is 3.30. The number of likely N-dealkylation sites (tertiary alicyclic amines) is 1. The predicted molar refractivity (Wildman–Crippen MR) is 117 cm³/mol. The normalized spacial score (nSPS) is 14.5. The minimum atomic E-state index is 0.0416. The van der Waals surface area contributed by atoms with Gasteiger partial charge in [0, 0.05) is 48.7 Å². The fourth-order valence-electron chi connectivity index (χ4n) is 4.13. The summed E-state index contributed by atoms with van der Waals surface area (Å²) in [6, 6.07) is 11.3. The van der Waals surface area contributed by atoms with Crippen molar-refractivity contribution in [1.82, 2.24) is 40.1 Å². The molecule has 0 N–H and O–H groups in total. The van der Waals surface area contributed by atoms with E-state index in [1.807, 2.05) is 54.4 Å². The summed E-state index contributed by atoms with van der Waals surface area (Å²) in [5.74, 6) is 1.09. The van der Waals surface area contributed by atoms with Gasteiger partial charge in [0.2, 0.25) is 0 Å². The Bertz CT molecular complexity index is 1200. The zero-order valence-electron chi connectivity index (χ0n) is 17.7. The lowest BCUT2D eigenvalue weighted by Crippen LogP contribution is -2.38. The molecular formula is C23H22N8O. The topological polar surface area (TPSA) is 103 Å². The van der Waals surface area contributed by atoms with Gasteiger partial charge in [-0.05, 0) is 72.2 Å². The van der Waals surface area contributed by atoms with Gasteiger partial charge >= 0.3 is 0 Å². The second-order valence-corrected chi connectivity index (χ2v) is 7.82. The number of aromatic nitrogens is 7. The molecule has 1 fully saturated rings. The molecule has 0 saturated carbocycles. The van der Waals surface area contributed by atoms with Gasteiger partial charge in [0.25, 0.3) is 5.91 Å². The molecule has 1 saturated heterocycles. The Hall–Kier alpha value is -4.01. The molecule has 0 atom stereocenters. The lowest BCUT2D eigenvalue weighted by atomic mass is 9.89. The molecule has 3 aromatic heterocycles. The number of piperidine rings is 1. The second-order valence-electron chi connectivity index (χ2n) is 7.82. The molecule has 4 heterocycles. The van der Waals surface area contributed by atoms with Crippen molar-refractivity contribution in [3.63, 3.8) is 0 Å². The quantitative estimate of drug-likeness (QED) is 0.494. The number of pyridine rings is 1. The first kappa shape index (κ1) is 19.9. The van der Waals surface area contributed by atoms with Crippen molar-refractivity contribution >= 4 is 5.91 Å². The first-order chi connectivity index (χ1) is 15.7. The average Bonchev–Trinajstić information content (AvgIpc) is 3.39. The monoisotopic (exact) mass is 426 g/mol. The minimum absolute atomic E-state index is 0.0416. The van der Waals surface area contributed by atoms with Gasteiger partial charge in [-0.3, -0.25) is 9.78 Å². The number of rotatable bonds is 4. The molecule has 160 valence electrons. The second kappa shape index (κ2) is 8.62. The molecule has 9 heteroatoms. The highest BCUT2D eigenvalue weighted by atomic mass is 16.2. The van der Waals surface area contributed by atoms with Crippen molar-refractivity contribution in [3.05, 3.63) is 78.4 Å². The molecule has 1 aromatic carbocycles. The lowest BCUT2D eigenvalue weighted by molar-refractivity contribution is 0.0712. The van der Waals surface area contributed by atoms with Gasteiger partial charge in [0.1, 0.15) is 12.2 Å². The van der Waals surface area contributed by atoms with E-state index in [0.717, 1.165) is 41.2 Å². The fraction of sp³-hybridized carbons (Fsp3) is 0.261. The highest BCUT2D eigenvalue weighted by molar-refractivity contribution is 5.94. The first-order valence-electron chi connectivity index (χ1n) is 10.6. The van der Waals surface area contributed by atoms with Crippen LogP contribution in [0.4, 0.5) is 0 Å². The Morgan fingerprint density at radius 3 is 2.47 bits per heavy atom. The van der Waals surface area contributed by atoms with Gasteiger partial charge in [0.05, 0.1) is 11.4 Å². The largest absolute Gasteiger partial charge is 0.339 e. The summed E-state index contributed by atoms with van der Waals surface area (Å²) in [6.07, 6.45) is 8.72. The predicted octanol–water partition coefficient (Wildman–Crippen LogP) is 2.84. The van der Waals surface area contributed by atoms with E-state index in [-0.39, 0.29) is 11.8 Å². The van der Waals surface area contributed by atoms with Crippen molar-refractivity contribution in [1.29, 1.82) is 0 Å². The third-order valence-electron chi connectivity index (χ3n) is 5.83. The molecule has 0 aliphatic carbocycles. The van der Waals surface area contributed by atoms with E-state index < -0.39 is 0 Å². The maximum atomic E-state index is 13.0. The molecule has 0 spiro atoms. The molecule has 9 nitrogen and oxygen atoms in total. The van der Waals surface area contributed by atoms with E-state index in [9.17, 15) is 4.79 Å². The number of tetrazole rings is 1. The number of amides is 1. The first-order valence-corrected chi connectivity index (χ1v) is 10.6. The van der Waals surface area contributed by atoms with Crippen molar-refractivity contribution in [2.75, 3.05) is 13.1 Å². The van der Waals surface area contributed by atoms with E-state index in [0.29, 0.717) is 18.7 Å². The average molecular weight is 426 g/mol. The molecule has 0 radical (unpaired) electrons. The number of aryl methyl sites for hydroxylation is 1. The van der Waals surface area contributed by atoms with Crippen LogP contribution >= 0.6 is 0 Å². The SMILES string of the molecule is Cc1ncc(-c2ccncc2)c(C2CCN(C(=O)c3ccc(-n4cnnn4)cc3)CC2)n1. The Balaban J connectivity index is 1.29.